The molecule has 170 valence electrons. The Balaban J connectivity index is 1.57. The summed E-state index contributed by atoms with van der Waals surface area (Å²) < 4.78 is 11.6. The summed E-state index contributed by atoms with van der Waals surface area (Å²) in [5.41, 5.74) is 3.99. The number of hydrogen-bond acceptors (Lipinski definition) is 5. The number of aromatic nitrogens is 1. The maximum atomic E-state index is 12.4. The third kappa shape index (κ3) is 6.57. The van der Waals surface area contributed by atoms with Crippen molar-refractivity contribution in [3.05, 3.63) is 59.0 Å². The molecule has 0 spiro atoms. The van der Waals surface area contributed by atoms with E-state index >= 15 is 0 Å². The minimum Gasteiger partial charge on any atom is -0.494 e. The van der Waals surface area contributed by atoms with Crippen LogP contribution in [0.25, 0.3) is 11.3 Å². The van der Waals surface area contributed by atoms with Crippen LogP contribution in [0, 0.1) is 6.92 Å². The van der Waals surface area contributed by atoms with Gasteiger partial charge in [0.05, 0.1) is 12.3 Å². The van der Waals surface area contributed by atoms with Crippen molar-refractivity contribution in [3.63, 3.8) is 0 Å². The van der Waals surface area contributed by atoms with Crippen molar-refractivity contribution >= 4 is 22.4 Å². The standard InChI is InChI=1S/C26H32N2O3S/c1-6-7-14-30-20-11-9-19(10-12-20)22-17-32-25(27-22)28-24(29)16-31-23-13-8-18(2)15-21(23)26(3,4)5/h8-13,15,17H,6-7,14,16H2,1-5H3,(H,27,28,29). The Bertz CT molecular complexity index is 1040. The number of aryl methyl sites for hydroxylation is 1. The highest BCUT2D eigenvalue weighted by molar-refractivity contribution is 7.14. The highest BCUT2D eigenvalue weighted by Gasteiger charge is 2.20. The van der Waals surface area contributed by atoms with E-state index in [2.05, 4.69) is 51.0 Å². The average Bonchev–Trinajstić information content (AvgIpc) is 3.21. The van der Waals surface area contributed by atoms with Gasteiger partial charge in [-0.15, -0.1) is 11.3 Å². The zero-order valence-electron chi connectivity index (χ0n) is 19.5. The van der Waals surface area contributed by atoms with Crippen LogP contribution >= 0.6 is 11.3 Å². The Hall–Kier alpha value is -2.86. The topological polar surface area (TPSA) is 60.5 Å². The summed E-state index contributed by atoms with van der Waals surface area (Å²) in [5, 5.41) is 5.32. The lowest BCUT2D eigenvalue weighted by molar-refractivity contribution is -0.118. The minimum absolute atomic E-state index is 0.0646. The van der Waals surface area contributed by atoms with E-state index in [9.17, 15) is 4.79 Å². The summed E-state index contributed by atoms with van der Waals surface area (Å²) >= 11 is 1.39. The number of thiazole rings is 1. The maximum absolute atomic E-state index is 12.4. The van der Waals surface area contributed by atoms with E-state index in [0.717, 1.165) is 47.8 Å². The predicted octanol–water partition coefficient (Wildman–Crippen LogP) is 6.61. The Morgan fingerprint density at radius 3 is 2.53 bits per heavy atom. The van der Waals surface area contributed by atoms with Gasteiger partial charge in [-0.05, 0) is 54.7 Å². The molecule has 0 bridgehead atoms. The number of rotatable bonds is 9. The summed E-state index contributed by atoms with van der Waals surface area (Å²) in [6, 6.07) is 13.9. The number of nitrogens with one attached hydrogen (secondary N) is 1. The van der Waals surface area contributed by atoms with E-state index in [4.69, 9.17) is 9.47 Å². The fourth-order valence-corrected chi connectivity index (χ4v) is 3.91. The van der Waals surface area contributed by atoms with Gasteiger partial charge in [-0.3, -0.25) is 10.1 Å². The molecule has 0 saturated carbocycles. The molecule has 1 aromatic heterocycles. The second kappa shape index (κ2) is 10.6. The van der Waals surface area contributed by atoms with Crippen LogP contribution in [-0.2, 0) is 10.2 Å². The lowest BCUT2D eigenvalue weighted by Gasteiger charge is -2.23. The molecule has 0 unspecified atom stereocenters. The third-order valence-corrected chi connectivity index (χ3v) is 5.73. The number of carbonyl (C=O) groups excluding carboxylic acids is 1. The lowest BCUT2D eigenvalue weighted by atomic mass is 9.85. The maximum Gasteiger partial charge on any atom is 0.264 e. The van der Waals surface area contributed by atoms with Crippen molar-refractivity contribution in [2.75, 3.05) is 18.5 Å². The molecule has 32 heavy (non-hydrogen) atoms. The zero-order valence-corrected chi connectivity index (χ0v) is 20.3. The van der Waals surface area contributed by atoms with Crippen LogP contribution in [0.1, 0.15) is 51.7 Å². The molecule has 0 saturated heterocycles. The molecule has 1 heterocycles. The summed E-state index contributed by atoms with van der Waals surface area (Å²) in [4.78, 5) is 17.0. The number of anilines is 1. The molecule has 0 aliphatic carbocycles. The van der Waals surface area contributed by atoms with E-state index in [1.165, 1.54) is 16.9 Å². The second-order valence-corrected chi connectivity index (χ2v) is 9.71. The van der Waals surface area contributed by atoms with Crippen molar-refractivity contribution in [2.24, 2.45) is 0 Å². The Labute approximate surface area is 194 Å². The first-order valence-electron chi connectivity index (χ1n) is 11.0. The first-order chi connectivity index (χ1) is 15.3. The number of nitrogens with zero attached hydrogens (tertiary/aromatic N) is 1. The number of unbranched alkanes of at least 4 members (excludes halogenated alkanes) is 1. The molecule has 0 radical (unpaired) electrons. The Morgan fingerprint density at radius 1 is 1.09 bits per heavy atom. The van der Waals surface area contributed by atoms with Gasteiger partial charge in [0.25, 0.3) is 5.91 Å². The van der Waals surface area contributed by atoms with Gasteiger partial charge in [-0.1, -0.05) is 51.8 Å². The molecule has 3 aromatic rings. The van der Waals surface area contributed by atoms with Crippen LogP contribution in [0.4, 0.5) is 5.13 Å². The molecular weight excluding hydrogens is 420 g/mol. The van der Waals surface area contributed by atoms with E-state index in [1.807, 2.05) is 41.8 Å². The summed E-state index contributed by atoms with van der Waals surface area (Å²) in [5.74, 6) is 1.36. The highest BCUT2D eigenvalue weighted by atomic mass is 32.1. The number of amides is 1. The van der Waals surface area contributed by atoms with Crippen LogP contribution in [0.3, 0.4) is 0 Å². The Morgan fingerprint density at radius 2 is 1.84 bits per heavy atom. The minimum atomic E-state index is -0.231. The fourth-order valence-electron chi connectivity index (χ4n) is 3.17. The van der Waals surface area contributed by atoms with E-state index in [-0.39, 0.29) is 17.9 Å². The van der Waals surface area contributed by atoms with Crippen LogP contribution in [0.2, 0.25) is 0 Å². The number of carbonyl (C=O) groups is 1. The van der Waals surface area contributed by atoms with Gasteiger partial charge in [0.1, 0.15) is 11.5 Å². The van der Waals surface area contributed by atoms with Crippen molar-refractivity contribution in [2.45, 2.75) is 52.9 Å². The molecule has 0 atom stereocenters. The molecule has 3 rings (SSSR count). The molecule has 0 fully saturated rings. The van der Waals surface area contributed by atoms with Crippen molar-refractivity contribution in [3.8, 4) is 22.8 Å². The SMILES string of the molecule is CCCCOc1ccc(-c2csc(NC(=O)COc3ccc(C)cc3C(C)(C)C)n2)cc1. The smallest absolute Gasteiger partial charge is 0.264 e. The fraction of sp³-hybridized carbons (Fsp3) is 0.385. The monoisotopic (exact) mass is 452 g/mol. The van der Waals surface area contributed by atoms with Gasteiger partial charge < -0.3 is 9.47 Å². The number of ether oxygens (including phenoxy) is 2. The van der Waals surface area contributed by atoms with Crippen LogP contribution in [-0.4, -0.2) is 24.1 Å². The summed E-state index contributed by atoms with van der Waals surface area (Å²) in [7, 11) is 0. The quantitative estimate of drug-likeness (QED) is 0.371. The molecule has 1 amide bonds. The van der Waals surface area contributed by atoms with E-state index < -0.39 is 0 Å². The van der Waals surface area contributed by atoms with Gasteiger partial charge in [0.2, 0.25) is 0 Å². The second-order valence-electron chi connectivity index (χ2n) is 8.85. The van der Waals surface area contributed by atoms with Crippen LogP contribution in [0.15, 0.2) is 47.8 Å². The molecule has 6 heteroatoms. The number of benzene rings is 2. The van der Waals surface area contributed by atoms with E-state index in [1.54, 1.807) is 0 Å². The van der Waals surface area contributed by atoms with Crippen molar-refractivity contribution in [1.29, 1.82) is 0 Å². The van der Waals surface area contributed by atoms with Crippen molar-refractivity contribution in [1.82, 2.24) is 4.98 Å². The molecule has 2 aromatic carbocycles. The molecule has 0 aliphatic heterocycles. The van der Waals surface area contributed by atoms with Crippen LogP contribution < -0.4 is 14.8 Å². The zero-order chi connectivity index (χ0) is 23.1. The van der Waals surface area contributed by atoms with E-state index in [0.29, 0.717) is 5.13 Å². The first-order valence-corrected chi connectivity index (χ1v) is 11.9. The average molecular weight is 453 g/mol. The largest absolute Gasteiger partial charge is 0.494 e. The van der Waals surface area contributed by atoms with Gasteiger partial charge in [-0.25, -0.2) is 4.98 Å². The van der Waals surface area contributed by atoms with Gasteiger partial charge in [0.15, 0.2) is 11.7 Å². The van der Waals surface area contributed by atoms with Gasteiger partial charge in [-0.2, -0.15) is 0 Å². The number of hydrogen-bond donors (Lipinski definition) is 1. The third-order valence-electron chi connectivity index (χ3n) is 4.97. The van der Waals surface area contributed by atoms with Crippen LogP contribution in [0.5, 0.6) is 11.5 Å². The van der Waals surface area contributed by atoms with Gasteiger partial charge >= 0.3 is 0 Å². The lowest BCUT2D eigenvalue weighted by Crippen LogP contribution is -2.22. The summed E-state index contributed by atoms with van der Waals surface area (Å²) in [6.45, 7) is 11.3. The normalized spacial score (nSPS) is 11.3. The highest BCUT2D eigenvalue weighted by Crippen LogP contribution is 2.32. The molecule has 1 N–H and O–H groups in total. The first kappa shape index (κ1) is 23.8. The molecule has 0 aliphatic rings. The molecular formula is C26H32N2O3S. The summed E-state index contributed by atoms with van der Waals surface area (Å²) in [6.07, 6.45) is 2.15. The molecule has 5 nitrogen and oxygen atoms in total. The van der Waals surface area contributed by atoms with Crippen molar-refractivity contribution < 1.29 is 14.3 Å². The predicted molar refractivity (Wildman–Crippen MR) is 132 cm³/mol. The van der Waals surface area contributed by atoms with Gasteiger partial charge in [0, 0.05) is 10.9 Å². The Kier molecular flexibility index (Phi) is 7.91.